The fourth-order valence-corrected chi connectivity index (χ4v) is 10.7. The highest BCUT2D eigenvalue weighted by Gasteiger charge is 2.53. The first-order chi connectivity index (χ1) is 31.8. The van der Waals surface area contributed by atoms with E-state index in [-0.39, 0.29) is 0 Å². The highest BCUT2D eigenvalue weighted by atomic mass is 16.6. The van der Waals surface area contributed by atoms with Crippen LogP contribution in [0.2, 0.25) is 0 Å². The van der Waals surface area contributed by atoms with E-state index in [2.05, 4.69) is 235 Å². The summed E-state index contributed by atoms with van der Waals surface area (Å²) in [5.41, 5.74) is 19.0. The van der Waals surface area contributed by atoms with Crippen molar-refractivity contribution in [1.29, 1.82) is 0 Å². The van der Waals surface area contributed by atoms with Crippen molar-refractivity contribution in [1.82, 2.24) is 0 Å². The first kappa shape index (κ1) is 36.3. The Morgan fingerprint density at radius 1 is 0.281 bits per heavy atom. The Labute approximate surface area is 372 Å². The average molecular weight is 818 g/mol. The van der Waals surface area contributed by atoms with Crippen LogP contribution < -0.4 is 14.4 Å². The molecule has 1 heterocycles. The van der Waals surface area contributed by atoms with Gasteiger partial charge in [-0.05, 0) is 97.6 Å². The second-order valence-corrected chi connectivity index (χ2v) is 16.7. The van der Waals surface area contributed by atoms with Crippen LogP contribution in [0.3, 0.4) is 0 Å². The van der Waals surface area contributed by atoms with Gasteiger partial charge in [0, 0.05) is 16.7 Å². The molecule has 1 aliphatic heterocycles. The molecule has 3 heteroatoms. The largest absolute Gasteiger partial charge is 0.449 e. The molecule has 1 spiro atoms. The number of nitrogens with zero attached hydrogens (tertiary/aromatic N) is 1. The molecule has 10 aromatic carbocycles. The molecule has 0 fully saturated rings. The van der Waals surface area contributed by atoms with Crippen LogP contribution in [0.4, 0.5) is 17.1 Å². The summed E-state index contributed by atoms with van der Waals surface area (Å²) in [4.78, 5) is 2.36. The lowest BCUT2D eigenvalue weighted by atomic mass is 9.70. The predicted octanol–water partition coefficient (Wildman–Crippen LogP) is 16.4. The van der Waals surface area contributed by atoms with E-state index in [4.69, 9.17) is 9.47 Å². The quantitative estimate of drug-likeness (QED) is 0.167. The smallest absolute Gasteiger partial charge is 0.194 e. The van der Waals surface area contributed by atoms with E-state index in [9.17, 15) is 0 Å². The van der Waals surface area contributed by atoms with Crippen LogP contribution in [0.15, 0.2) is 237 Å². The SMILES string of the molecule is c1ccc(-c2ccc(N(c3ccccc3-c3ccccc3)c3cccc4c3Oc3ccc5c(c3O4)-c3ccccc3C53c4ccccc4-c4ccccc43)c(-c3ccccc3)c2)cc1. The molecule has 3 aliphatic rings. The van der Waals surface area contributed by atoms with Crippen LogP contribution in [0.1, 0.15) is 22.3 Å². The Morgan fingerprint density at radius 3 is 1.44 bits per heavy atom. The van der Waals surface area contributed by atoms with Crippen LogP contribution in [-0.4, -0.2) is 0 Å². The fraction of sp³-hybridized carbons (Fsp3) is 0.0164. The first-order valence-electron chi connectivity index (χ1n) is 21.9. The van der Waals surface area contributed by atoms with Crippen LogP contribution in [-0.2, 0) is 5.41 Å². The molecule has 0 saturated carbocycles. The zero-order valence-electron chi connectivity index (χ0n) is 34.8. The number of ether oxygens (including phenoxy) is 2. The van der Waals surface area contributed by atoms with Gasteiger partial charge in [-0.2, -0.15) is 0 Å². The Hall–Kier alpha value is -8.40. The van der Waals surface area contributed by atoms with Crippen molar-refractivity contribution in [2.24, 2.45) is 0 Å². The number of anilines is 3. The second kappa shape index (κ2) is 14.3. The highest BCUT2D eigenvalue weighted by Crippen LogP contribution is 2.67. The molecule has 10 aromatic rings. The molecule has 0 aromatic heterocycles. The van der Waals surface area contributed by atoms with Crippen LogP contribution in [0.25, 0.3) is 55.6 Å². The van der Waals surface area contributed by atoms with Crippen molar-refractivity contribution >= 4 is 17.1 Å². The number of rotatable bonds is 6. The van der Waals surface area contributed by atoms with E-state index in [0.29, 0.717) is 17.2 Å². The van der Waals surface area contributed by atoms with Crippen LogP contribution in [0, 0.1) is 0 Å². The molecule has 64 heavy (non-hydrogen) atoms. The van der Waals surface area contributed by atoms with Gasteiger partial charge in [0.2, 0.25) is 0 Å². The lowest BCUT2D eigenvalue weighted by Crippen LogP contribution is -2.25. The van der Waals surface area contributed by atoms with Crippen molar-refractivity contribution in [3.05, 3.63) is 259 Å². The molecule has 3 nitrogen and oxygen atoms in total. The summed E-state index contributed by atoms with van der Waals surface area (Å²) in [6.07, 6.45) is 0. The molecule has 0 unspecified atom stereocenters. The van der Waals surface area contributed by atoms with Gasteiger partial charge < -0.3 is 14.4 Å². The number of hydrogen-bond acceptors (Lipinski definition) is 3. The van der Waals surface area contributed by atoms with Crippen molar-refractivity contribution < 1.29 is 9.47 Å². The average Bonchev–Trinajstić information content (AvgIpc) is 3.85. The molecule has 0 bridgehead atoms. The van der Waals surface area contributed by atoms with Gasteiger partial charge >= 0.3 is 0 Å². The summed E-state index contributed by atoms with van der Waals surface area (Å²) in [6.45, 7) is 0. The molecular formula is C61H39NO2. The molecule has 13 rings (SSSR count). The van der Waals surface area contributed by atoms with Gasteiger partial charge in [0.05, 0.1) is 22.5 Å². The number of benzene rings is 10. The summed E-state index contributed by atoms with van der Waals surface area (Å²) >= 11 is 0. The third-order valence-corrected chi connectivity index (χ3v) is 13.4. The maximum atomic E-state index is 7.28. The molecule has 0 saturated heterocycles. The van der Waals surface area contributed by atoms with E-state index >= 15 is 0 Å². The van der Waals surface area contributed by atoms with Gasteiger partial charge in [-0.15, -0.1) is 0 Å². The van der Waals surface area contributed by atoms with E-state index in [1.807, 2.05) is 6.07 Å². The topological polar surface area (TPSA) is 21.7 Å². The van der Waals surface area contributed by atoms with Crippen LogP contribution >= 0.6 is 0 Å². The van der Waals surface area contributed by atoms with E-state index in [1.54, 1.807) is 0 Å². The molecule has 0 atom stereocenters. The summed E-state index contributed by atoms with van der Waals surface area (Å²) in [7, 11) is 0. The minimum atomic E-state index is -0.489. The molecule has 0 radical (unpaired) electrons. The first-order valence-corrected chi connectivity index (χ1v) is 21.9. The van der Waals surface area contributed by atoms with Gasteiger partial charge in [-0.1, -0.05) is 200 Å². The summed E-state index contributed by atoms with van der Waals surface area (Å²) in [6, 6.07) is 84.6. The Morgan fingerprint density at radius 2 is 0.766 bits per heavy atom. The zero-order chi connectivity index (χ0) is 42.2. The standard InChI is InChI=1S/C61H39NO2/c1-4-19-40(20-5-1)43-35-37-54(48(39-43)42-23-8-3-9-24-42)62(53-32-17-13-25-44(53)41-21-6-2-7-22-41)55-33-18-34-56-59(55)63-57-38-36-52-58(60(57)64-56)47-28-12-16-31-51(47)61(52)49-29-14-10-26-45(49)46-27-11-15-30-50(46)61/h1-39H. The molecule has 0 N–H and O–H groups in total. The zero-order valence-corrected chi connectivity index (χ0v) is 34.8. The summed E-state index contributed by atoms with van der Waals surface area (Å²) < 4.78 is 14.6. The summed E-state index contributed by atoms with van der Waals surface area (Å²) in [5, 5.41) is 0. The lowest BCUT2D eigenvalue weighted by Gasteiger charge is -2.34. The number of hydrogen-bond donors (Lipinski definition) is 0. The maximum Gasteiger partial charge on any atom is 0.194 e. The van der Waals surface area contributed by atoms with Gasteiger partial charge in [-0.3, -0.25) is 0 Å². The van der Waals surface area contributed by atoms with E-state index in [1.165, 1.54) is 33.4 Å². The highest BCUT2D eigenvalue weighted by molar-refractivity contribution is 6.00. The van der Waals surface area contributed by atoms with Gasteiger partial charge in [-0.25, -0.2) is 0 Å². The molecule has 2 aliphatic carbocycles. The van der Waals surface area contributed by atoms with Gasteiger partial charge in [0.25, 0.3) is 0 Å². The Bertz CT molecular complexity index is 3400. The maximum absolute atomic E-state index is 7.28. The third kappa shape index (κ3) is 5.28. The van der Waals surface area contributed by atoms with Gasteiger partial charge in [0.1, 0.15) is 0 Å². The fourth-order valence-electron chi connectivity index (χ4n) is 10.7. The minimum absolute atomic E-state index is 0.489. The van der Waals surface area contributed by atoms with Crippen molar-refractivity contribution in [2.75, 3.05) is 4.90 Å². The number of fused-ring (bicyclic) bond motifs is 13. The molecule has 300 valence electrons. The van der Waals surface area contributed by atoms with Gasteiger partial charge in [0.15, 0.2) is 23.0 Å². The Balaban J connectivity index is 1.03. The molecular weight excluding hydrogens is 779 g/mol. The monoisotopic (exact) mass is 817 g/mol. The Kier molecular flexibility index (Phi) is 8.13. The van der Waals surface area contributed by atoms with E-state index in [0.717, 1.165) is 67.3 Å². The number of para-hydroxylation sites is 2. The van der Waals surface area contributed by atoms with Crippen molar-refractivity contribution in [2.45, 2.75) is 5.41 Å². The van der Waals surface area contributed by atoms with Crippen molar-refractivity contribution in [3.63, 3.8) is 0 Å². The van der Waals surface area contributed by atoms with E-state index < -0.39 is 5.41 Å². The predicted molar refractivity (Wildman–Crippen MR) is 260 cm³/mol. The van der Waals surface area contributed by atoms with Crippen molar-refractivity contribution in [3.8, 4) is 78.6 Å². The molecule has 0 amide bonds. The third-order valence-electron chi connectivity index (χ3n) is 13.4. The minimum Gasteiger partial charge on any atom is -0.449 e. The summed E-state index contributed by atoms with van der Waals surface area (Å²) in [5.74, 6) is 2.74. The normalized spacial score (nSPS) is 13.1. The van der Waals surface area contributed by atoms with Crippen LogP contribution in [0.5, 0.6) is 23.0 Å². The lowest BCUT2D eigenvalue weighted by molar-refractivity contribution is 0.361. The second-order valence-electron chi connectivity index (χ2n) is 16.7.